The molecule has 1 unspecified atom stereocenters. The number of nitrogen functional groups attached to an aromatic ring is 1. The fourth-order valence-corrected chi connectivity index (χ4v) is 2.03. The molecule has 1 aliphatic rings. The Bertz CT molecular complexity index is 410. The second kappa shape index (κ2) is 5.09. The highest BCUT2D eigenvalue weighted by Crippen LogP contribution is 2.18. The van der Waals surface area contributed by atoms with E-state index in [1.807, 2.05) is 0 Å². The van der Waals surface area contributed by atoms with Crippen LogP contribution in [0.5, 0.6) is 0 Å². The number of anilines is 1. The van der Waals surface area contributed by atoms with Crippen LogP contribution < -0.4 is 5.73 Å². The van der Waals surface area contributed by atoms with E-state index >= 15 is 0 Å². The highest BCUT2D eigenvalue weighted by atomic mass is 16.5. The SMILES string of the molecule is COCC1CCN(C(=O)c2cncc(N)n2)C1. The first-order valence-electron chi connectivity index (χ1n) is 5.56. The van der Waals surface area contributed by atoms with Crippen molar-refractivity contribution in [2.24, 2.45) is 5.92 Å². The van der Waals surface area contributed by atoms with Gasteiger partial charge in [0.05, 0.1) is 19.0 Å². The molecule has 17 heavy (non-hydrogen) atoms. The van der Waals surface area contributed by atoms with Gasteiger partial charge in [-0.1, -0.05) is 0 Å². The second-order valence-corrected chi connectivity index (χ2v) is 4.19. The van der Waals surface area contributed by atoms with Crippen LogP contribution in [-0.4, -0.2) is 47.6 Å². The number of hydrogen-bond acceptors (Lipinski definition) is 5. The Morgan fingerprint density at radius 1 is 1.65 bits per heavy atom. The van der Waals surface area contributed by atoms with Gasteiger partial charge in [-0.15, -0.1) is 0 Å². The number of carbonyl (C=O) groups excluding carboxylic acids is 1. The molecule has 1 fully saturated rings. The summed E-state index contributed by atoms with van der Waals surface area (Å²) in [7, 11) is 1.67. The normalized spacial score (nSPS) is 19.6. The number of amides is 1. The van der Waals surface area contributed by atoms with E-state index in [1.165, 1.54) is 12.4 Å². The van der Waals surface area contributed by atoms with E-state index < -0.39 is 0 Å². The third-order valence-corrected chi connectivity index (χ3v) is 2.85. The summed E-state index contributed by atoms with van der Waals surface area (Å²) in [5, 5.41) is 0. The number of nitrogens with zero attached hydrogens (tertiary/aromatic N) is 3. The summed E-state index contributed by atoms with van der Waals surface area (Å²) in [6.07, 6.45) is 3.84. The topological polar surface area (TPSA) is 81.3 Å². The molecule has 1 saturated heterocycles. The predicted octanol–water partition coefficient (Wildman–Crippen LogP) is 0.167. The molecule has 92 valence electrons. The van der Waals surface area contributed by atoms with Crippen molar-refractivity contribution in [1.82, 2.24) is 14.9 Å². The molecule has 2 rings (SSSR count). The lowest BCUT2D eigenvalue weighted by molar-refractivity contribution is 0.0769. The lowest BCUT2D eigenvalue weighted by Gasteiger charge is -2.15. The van der Waals surface area contributed by atoms with Gasteiger partial charge in [0, 0.05) is 26.1 Å². The molecule has 0 saturated carbocycles. The summed E-state index contributed by atoms with van der Waals surface area (Å²) in [5.41, 5.74) is 5.81. The van der Waals surface area contributed by atoms with E-state index in [4.69, 9.17) is 10.5 Å². The summed E-state index contributed by atoms with van der Waals surface area (Å²) in [4.78, 5) is 21.7. The number of aromatic nitrogens is 2. The summed E-state index contributed by atoms with van der Waals surface area (Å²) in [6, 6.07) is 0. The molecule has 0 aliphatic carbocycles. The summed E-state index contributed by atoms with van der Waals surface area (Å²) >= 11 is 0. The average molecular weight is 236 g/mol. The maximum Gasteiger partial charge on any atom is 0.274 e. The van der Waals surface area contributed by atoms with Crippen molar-refractivity contribution in [3.63, 3.8) is 0 Å². The third kappa shape index (κ3) is 2.71. The first kappa shape index (κ1) is 11.8. The lowest BCUT2D eigenvalue weighted by Crippen LogP contribution is -2.30. The van der Waals surface area contributed by atoms with E-state index in [2.05, 4.69) is 9.97 Å². The minimum absolute atomic E-state index is 0.108. The lowest BCUT2D eigenvalue weighted by atomic mass is 10.1. The van der Waals surface area contributed by atoms with Crippen LogP contribution in [0.2, 0.25) is 0 Å². The van der Waals surface area contributed by atoms with E-state index in [0.717, 1.165) is 13.0 Å². The molecule has 2 heterocycles. The number of hydrogen-bond donors (Lipinski definition) is 1. The van der Waals surface area contributed by atoms with Gasteiger partial charge >= 0.3 is 0 Å². The smallest absolute Gasteiger partial charge is 0.274 e. The molecule has 1 aliphatic heterocycles. The molecule has 0 bridgehead atoms. The minimum Gasteiger partial charge on any atom is -0.384 e. The Hall–Kier alpha value is -1.69. The van der Waals surface area contributed by atoms with E-state index in [9.17, 15) is 4.79 Å². The van der Waals surface area contributed by atoms with E-state index in [1.54, 1.807) is 12.0 Å². The zero-order valence-corrected chi connectivity index (χ0v) is 9.80. The molecule has 6 heteroatoms. The highest BCUT2D eigenvalue weighted by Gasteiger charge is 2.27. The Morgan fingerprint density at radius 3 is 3.18 bits per heavy atom. The molecular formula is C11H16N4O2. The van der Waals surface area contributed by atoms with Crippen LogP contribution in [0.25, 0.3) is 0 Å². The number of likely N-dealkylation sites (tertiary alicyclic amines) is 1. The molecule has 0 radical (unpaired) electrons. The van der Waals surface area contributed by atoms with Gasteiger partial charge in [0.15, 0.2) is 0 Å². The zero-order valence-electron chi connectivity index (χ0n) is 9.80. The summed E-state index contributed by atoms with van der Waals surface area (Å²) in [5.74, 6) is 0.574. The summed E-state index contributed by atoms with van der Waals surface area (Å²) in [6.45, 7) is 2.14. The summed E-state index contributed by atoms with van der Waals surface area (Å²) < 4.78 is 5.09. The Balaban J connectivity index is 2.02. The van der Waals surface area contributed by atoms with Gasteiger partial charge in [-0.2, -0.15) is 0 Å². The highest BCUT2D eigenvalue weighted by molar-refractivity contribution is 5.92. The third-order valence-electron chi connectivity index (χ3n) is 2.85. The molecular weight excluding hydrogens is 220 g/mol. The molecule has 1 aromatic heterocycles. The molecule has 1 aromatic rings. The molecule has 2 N–H and O–H groups in total. The maximum atomic E-state index is 12.1. The average Bonchev–Trinajstić information content (AvgIpc) is 2.77. The second-order valence-electron chi connectivity index (χ2n) is 4.19. The number of nitrogens with two attached hydrogens (primary N) is 1. The first-order valence-corrected chi connectivity index (χ1v) is 5.56. The van der Waals surface area contributed by atoms with Gasteiger partial charge < -0.3 is 15.4 Å². The van der Waals surface area contributed by atoms with Crippen molar-refractivity contribution < 1.29 is 9.53 Å². The van der Waals surface area contributed by atoms with Crippen LogP contribution in [0, 0.1) is 5.92 Å². The van der Waals surface area contributed by atoms with Crippen LogP contribution in [0.15, 0.2) is 12.4 Å². The van der Waals surface area contributed by atoms with Crippen molar-refractivity contribution in [1.29, 1.82) is 0 Å². The van der Waals surface area contributed by atoms with Gasteiger partial charge in [0.1, 0.15) is 11.5 Å². The van der Waals surface area contributed by atoms with Gasteiger partial charge in [-0.05, 0) is 6.42 Å². The van der Waals surface area contributed by atoms with Crippen LogP contribution in [-0.2, 0) is 4.74 Å². The standard InChI is InChI=1S/C11H16N4O2/c1-17-7-8-2-3-15(6-8)11(16)9-4-13-5-10(12)14-9/h4-5,8H,2-3,6-7H2,1H3,(H2,12,14). The molecule has 0 aromatic carbocycles. The van der Waals surface area contributed by atoms with Gasteiger partial charge in [-0.3, -0.25) is 9.78 Å². The van der Waals surface area contributed by atoms with Crippen molar-refractivity contribution in [2.45, 2.75) is 6.42 Å². The van der Waals surface area contributed by atoms with Gasteiger partial charge in [0.25, 0.3) is 5.91 Å². The first-order chi connectivity index (χ1) is 8.20. The number of carbonyl (C=O) groups is 1. The number of ether oxygens (including phenoxy) is 1. The van der Waals surface area contributed by atoms with Crippen molar-refractivity contribution in [3.05, 3.63) is 18.1 Å². The van der Waals surface area contributed by atoms with Crippen LogP contribution in [0.4, 0.5) is 5.82 Å². The number of methoxy groups -OCH3 is 1. The molecule has 6 nitrogen and oxygen atoms in total. The Kier molecular flexibility index (Phi) is 3.53. The van der Waals surface area contributed by atoms with Crippen LogP contribution in [0.1, 0.15) is 16.9 Å². The van der Waals surface area contributed by atoms with E-state index in [0.29, 0.717) is 24.8 Å². The Morgan fingerprint density at radius 2 is 2.47 bits per heavy atom. The van der Waals surface area contributed by atoms with Crippen molar-refractivity contribution in [2.75, 3.05) is 32.5 Å². The van der Waals surface area contributed by atoms with Crippen LogP contribution in [0.3, 0.4) is 0 Å². The fraction of sp³-hybridized carbons (Fsp3) is 0.545. The van der Waals surface area contributed by atoms with Crippen LogP contribution >= 0.6 is 0 Å². The maximum absolute atomic E-state index is 12.1. The van der Waals surface area contributed by atoms with Gasteiger partial charge in [0.2, 0.25) is 0 Å². The zero-order chi connectivity index (χ0) is 12.3. The predicted molar refractivity (Wildman–Crippen MR) is 62.3 cm³/mol. The van der Waals surface area contributed by atoms with Gasteiger partial charge in [-0.25, -0.2) is 4.98 Å². The molecule has 1 amide bonds. The largest absolute Gasteiger partial charge is 0.384 e. The molecule has 1 atom stereocenters. The molecule has 0 spiro atoms. The minimum atomic E-state index is -0.108. The van der Waals surface area contributed by atoms with E-state index in [-0.39, 0.29) is 11.7 Å². The van der Waals surface area contributed by atoms with Crippen molar-refractivity contribution in [3.8, 4) is 0 Å². The quantitative estimate of drug-likeness (QED) is 0.809. The number of rotatable bonds is 3. The fourth-order valence-electron chi connectivity index (χ4n) is 2.03. The van der Waals surface area contributed by atoms with Crippen molar-refractivity contribution >= 4 is 11.7 Å². The monoisotopic (exact) mass is 236 g/mol. The Labute approximate surface area is 99.8 Å².